The van der Waals surface area contributed by atoms with E-state index in [0.717, 1.165) is 54.1 Å². The van der Waals surface area contributed by atoms with E-state index in [2.05, 4.69) is 25.1 Å². The summed E-state index contributed by atoms with van der Waals surface area (Å²) in [6.07, 6.45) is 3.71. The summed E-state index contributed by atoms with van der Waals surface area (Å²) in [7, 11) is 1.71. The van der Waals surface area contributed by atoms with Crippen LogP contribution in [-0.2, 0) is 17.6 Å². The molecule has 0 unspecified atom stereocenters. The van der Waals surface area contributed by atoms with Gasteiger partial charge in [-0.15, -0.1) is 5.10 Å². The number of aryl methyl sites for hydroxylation is 2. The van der Waals surface area contributed by atoms with Gasteiger partial charge in [0.2, 0.25) is 5.88 Å². The Labute approximate surface area is 173 Å². The van der Waals surface area contributed by atoms with Gasteiger partial charge in [-0.1, -0.05) is 18.5 Å². The Bertz CT molecular complexity index is 917. The summed E-state index contributed by atoms with van der Waals surface area (Å²) >= 11 is 7.81. The first-order valence-corrected chi connectivity index (χ1v) is 10.6. The van der Waals surface area contributed by atoms with Crippen molar-refractivity contribution in [3.05, 3.63) is 28.5 Å². The highest BCUT2D eigenvalue weighted by molar-refractivity contribution is 7.99. The van der Waals surface area contributed by atoms with Crippen molar-refractivity contribution in [1.82, 2.24) is 25.1 Å². The lowest BCUT2D eigenvalue weighted by molar-refractivity contribution is 0.193. The number of aromatic nitrogens is 5. The van der Waals surface area contributed by atoms with Crippen LogP contribution in [0.2, 0.25) is 5.02 Å². The molecule has 7 nitrogen and oxygen atoms in total. The fraction of sp³-hybridized carbons (Fsp3) is 0.474. The maximum Gasteiger partial charge on any atom is 0.228 e. The number of hydrogen-bond acceptors (Lipinski definition) is 7. The van der Waals surface area contributed by atoms with Crippen LogP contribution in [0, 0.1) is 0 Å². The highest BCUT2D eigenvalue weighted by Gasteiger charge is 2.18. The second-order valence-corrected chi connectivity index (χ2v) is 7.52. The van der Waals surface area contributed by atoms with E-state index in [0.29, 0.717) is 28.3 Å². The molecule has 0 atom stereocenters. The van der Waals surface area contributed by atoms with Gasteiger partial charge in [-0.05, 0) is 56.5 Å². The van der Waals surface area contributed by atoms with Crippen LogP contribution in [0.4, 0.5) is 0 Å². The van der Waals surface area contributed by atoms with E-state index >= 15 is 0 Å². The van der Waals surface area contributed by atoms with Crippen molar-refractivity contribution < 1.29 is 9.47 Å². The zero-order valence-electron chi connectivity index (χ0n) is 16.3. The first kappa shape index (κ1) is 20.8. The van der Waals surface area contributed by atoms with Crippen LogP contribution < -0.4 is 4.74 Å². The number of unbranched alkanes of at least 4 members (excludes halogenated alkanes) is 1. The van der Waals surface area contributed by atoms with E-state index in [1.54, 1.807) is 7.11 Å². The topological polar surface area (TPSA) is 85.8 Å². The number of methoxy groups -OCH3 is 1. The third-order valence-corrected chi connectivity index (χ3v) is 5.38. The van der Waals surface area contributed by atoms with Gasteiger partial charge in [0.05, 0.1) is 22.7 Å². The van der Waals surface area contributed by atoms with Gasteiger partial charge in [0.25, 0.3) is 0 Å². The molecule has 0 saturated heterocycles. The number of rotatable bonds is 10. The molecule has 0 bridgehead atoms. The molecule has 3 rings (SSSR count). The lowest BCUT2D eigenvalue weighted by atomic mass is 10.2. The number of nitrogens with one attached hydrogen (secondary N) is 1. The minimum Gasteiger partial charge on any atom is -0.477 e. The number of aromatic amines is 1. The van der Waals surface area contributed by atoms with E-state index in [1.165, 1.54) is 11.8 Å². The second kappa shape index (κ2) is 10.0. The Kier molecular flexibility index (Phi) is 7.47. The van der Waals surface area contributed by atoms with Gasteiger partial charge in [-0.3, -0.25) is 0 Å². The highest BCUT2D eigenvalue weighted by Crippen LogP contribution is 2.35. The van der Waals surface area contributed by atoms with Crippen LogP contribution in [0.5, 0.6) is 5.88 Å². The second-order valence-electron chi connectivity index (χ2n) is 6.15. The first-order valence-electron chi connectivity index (χ1n) is 9.36. The molecule has 3 aromatic rings. The lowest BCUT2D eigenvalue weighted by Crippen LogP contribution is -1.99. The van der Waals surface area contributed by atoms with E-state index < -0.39 is 0 Å². The van der Waals surface area contributed by atoms with Gasteiger partial charge in [0.15, 0.2) is 5.16 Å². The predicted molar refractivity (Wildman–Crippen MR) is 110 cm³/mol. The van der Waals surface area contributed by atoms with Crippen LogP contribution in [0.1, 0.15) is 38.1 Å². The van der Waals surface area contributed by atoms with Gasteiger partial charge < -0.3 is 14.5 Å². The fourth-order valence-corrected chi connectivity index (χ4v) is 3.79. The standard InChI is InChI=1S/C19H24ClN5O2S/c1-4-13-16(20)15-17(21-13)22-19(23-18(15)27-5-2)28-14-10-9-12(24-25-14)8-6-7-11-26-3/h9-10H,4-8,11H2,1-3H3,(H,21,22,23). The first-order chi connectivity index (χ1) is 13.7. The quantitative estimate of drug-likeness (QED) is 0.381. The zero-order chi connectivity index (χ0) is 19.9. The molecule has 150 valence electrons. The maximum atomic E-state index is 6.46. The molecule has 9 heteroatoms. The average molecular weight is 422 g/mol. The van der Waals surface area contributed by atoms with Crippen molar-refractivity contribution in [3.63, 3.8) is 0 Å². The fourth-order valence-electron chi connectivity index (χ4n) is 2.77. The molecule has 0 aliphatic rings. The number of hydrogen-bond donors (Lipinski definition) is 1. The van der Waals surface area contributed by atoms with Crippen molar-refractivity contribution in [3.8, 4) is 5.88 Å². The Morgan fingerprint density at radius 2 is 2.00 bits per heavy atom. The van der Waals surface area contributed by atoms with Crippen molar-refractivity contribution in [2.45, 2.75) is 49.7 Å². The summed E-state index contributed by atoms with van der Waals surface area (Å²) in [5.41, 5.74) is 2.56. The van der Waals surface area contributed by atoms with Gasteiger partial charge in [0.1, 0.15) is 10.7 Å². The third kappa shape index (κ3) is 4.92. The molecule has 0 radical (unpaired) electrons. The van der Waals surface area contributed by atoms with E-state index in [-0.39, 0.29) is 0 Å². The number of nitrogens with zero attached hydrogens (tertiary/aromatic N) is 4. The van der Waals surface area contributed by atoms with Gasteiger partial charge in [0, 0.05) is 19.4 Å². The zero-order valence-corrected chi connectivity index (χ0v) is 17.9. The maximum absolute atomic E-state index is 6.46. The SMILES string of the molecule is CCOc1nc(Sc2ccc(CCCCOC)nn2)nc2[nH]c(CC)c(Cl)c12. The molecule has 0 fully saturated rings. The molecule has 3 heterocycles. The molecule has 0 aliphatic carbocycles. The summed E-state index contributed by atoms with van der Waals surface area (Å²) in [5, 5.41) is 11.2. The molecular formula is C19H24ClN5O2S. The molecule has 1 N–H and O–H groups in total. The molecule has 0 spiro atoms. The molecule has 0 amide bonds. The van der Waals surface area contributed by atoms with Gasteiger partial charge in [-0.25, -0.2) is 4.98 Å². The monoisotopic (exact) mass is 421 g/mol. The smallest absolute Gasteiger partial charge is 0.228 e. The minimum absolute atomic E-state index is 0.485. The van der Waals surface area contributed by atoms with Gasteiger partial charge >= 0.3 is 0 Å². The number of ether oxygens (including phenoxy) is 2. The van der Waals surface area contributed by atoms with Crippen LogP contribution >= 0.6 is 23.4 Å². The number of fused-ring (bicyclic) bond motifs is 1. The Balaban J connectivity index is 1.78. The molecule has 28 heavy (non-hydrogen) atoms. The van der Waals surface area contributed by atoms with Gasteiger partial charge in [-0.2, -0.15) is 10.1 Å². The van der Waals surface area contributed by atoms with E-state index in [4.69, 9.17) is 21.1 Å². The minimum atomic E-state index is 0.485. The normalized spacial score (nSPS) is 11.3. The Hall–Kier alpha value is -1.90. The largest absolute Gasteiger partial charge is 0.477 e. The van der Waals surface area contributed by atoms with Crippen LogP contribution in [0.25, 0.3) is 11.0 Å². The average Bonchev–Trinajstić information content (AvgIpc) is 3.02. The van der Waals surface area contributed by atoms with E-state index in [1.807, 2.05) is 26.0 Å². The molecular weight excluding hydrogens is 398 g/mol. The molecule has 3 aromatic heterocycles. The Morgan fingerprint density at radius 3 is 2.68 bits per heavy atom. The van der Waals surface area contributed by atoms with Crippen molar-refractivity contribution in [1.29, 1.82) is 0 Å². The third-order valence-electron chi connectivity index (χ3n) is 4.17. The molecule has 0 aromatic carbocycles. The predicted octanol–water partition coefficient (Wildman–Crippen LogP) is 4.48. The lowest BCUT2D eigenvalue weighted by Gasteiger charge is -2.06. The van der Waals surface area contributed by atoms with Crippen LogP contribution in [-0.4, -0.2) is 45.5 Å². The number of H-pyrrole nitrogens is 1. The van der Waals surface area contributed by atoms with Crippen molar-refractivity contribution in [2.75, 3.05) is 20.3 Å². The van der Waals surface area contributed by atoms with Crippen LogP contribution in [0.3, 0.4) is 0 Å². The Morgan fingerprint density at radius 1 is 1.14 bits per heavy atom. The van der Waals surface area contributed by atoms with E-state index in [9.17, 15) is 0 Å². The highest BCUT2D eigenvalue weighted by atomic mass is 35.5. The summed E-state index contributed by atoms with van der Waals surface area (Å²) in [6, 6.07) is 3.93. The molecule has 0 saturated carbocycles. The van der Waals surface area contributed by atoms with Crippen LogP contribution in [0.15, 0.2) is 22.3 Å². The number of halogens is 1. The van der Waals surface area contributed by atoms with Crippen molar-refractivity contribution in [2.24, 2.45) is 0 Å². The molecule has 0 aliphatic heterocycles. The van der Waals surface area contributed by atoms with Crippen molar-refractivity contribution >= 4 is 34.4 Å². The summed E-state index contributed by atoms with van der Waals surface area (Å²) < 4.78 is 10.8. The summed E-state index contributed by atoms with van der Waals surface area (Å²) in [5.74, 6) is 0.485. The summed E-state index contributed by atoms with van der Waals surface area (Å²) in [4.78, 5) is 12.4. The summed E-state index contributed by atoms with van der Waals surface area (Å²) in [6.45, 7) is 5.22.